The lowest BCUT2D eigenvalue weighted by Crippen LogP contribution is -2.36. The Hall–Kier alpha value is -0.860. The van der Waals surface area contributed by atoms with Crippen LogP contribution in [0, 0.1) is 46.3 Å². The average molecular weight is 427 g/mol. The van der Waals surface area contributed by atoms with Crippen LogP contribution in [0.3, 0.4) is 0 Å². The Bertz CT molecular complexity index is 748. The molecule has 1 N–H and O–H groups in total. The maximum atomic E-state index is 10.3. The third-order valence-electron chi connectivity index (χ3n) is 10.2. The predicted octanol–water partition coefficient (Wildman–Crippen LogP) is 6.96. The van der Waals surface area contributed by atoms with Gasteiger partial charge < -0.3 is 9.84 Å². The second-order valence-electron chi connectivity index (χ2n) is 12.1. The van der Waals surface area contributed by atoms with Crippen LogP contribution in [0.2, 0.25) is 0 Å². The largest absolute Gasteiger partial charge is 0.389 e. The van der Waals surface area contributed by atoms with Crippen LogP contribution in [-0.4, -0.2) is 24.4 Å². The molecule has 4 saturated carbocycles. The summed E-state index contributed by atoms with van der Waals surface area (Å²) in [6.07, 6.45) is 15.8. The summed E-state index contributed by atoms with van der Waals surface area (Å²) in [7, 11) is 1.85. The molecule has 0 heterocycles. The molecule has 4 fully saturated rings. The minimum Gasteiger partial charge on any atom is -0.389 e. The van der Waals surface area contributed by atoms with Gasteiger partial charge >= 0.3 is 0 Å². The van der Waals surface area contributed by atoms with Crippen LogP contribution in [0.15, 0.2) is 36.0 Å². The quantitative estimate of drug-likeness (QED) is 0.446. The Kier molecular flexibility index (Phi) is 6.38. The number of methoxy groups -OCH3 is 1. The van der Waals surface area contributed by atoms with E-state index in [2.05, 4.69) is 59.4 Å². The summed E-state index contributed by atoms with van der Waals surface area (Å²) in [5, 5.41) is 10.3. The molecule has 0 aliphatic heterocycles. The minimum atomic E-state index is -0.330. The Morgan fingerprint density at radius 2 is 1.90 bits per heavy atom. The Morgan fingerprint density at radius 3 is 2.52 bits per heavy atom. The summed E-state index contributed by atoms with van der Waals surface area (Å²) < 4.78 is 6.08. The van der Waals surface area contributed by atoms with Gasteiger partial charge in [0.25, 0.3) is 0 Å². The zero-order valence-electron chi connectivity index (χ0n) is 20.9. The molecule has 9 atom stereocenters. The van der Waals surface area contributed by atoms with Crippen molar-refractivity contribution in [1.82, 2.24) is 0 Å². The summed E-state index contributed by atoms with van der Waals surface area (Å²) in [4.78, 5) is 0. The number of aliphatic hydroxyl groups is 1. The number of allylic oxidation sites excluding steroid dienone is 3. The van der Waals surface area contributed by atoms with Crippen LogP contribution in [0.25, 0.3) is 0 Å². The number of hydrogen-bond acceptors (Lipinski definition) is 2. The zero-order chi connectivity index (χ0) is 22.6. The standard InChI is InChI=1S/C29H46O2/c1-18(2)19(3)10-11-20(4)24-12-13-25-22(9-8-14-28(24,25)6)15-27(31-7)29-17-23(29)16-26(30)21(29)5/h10-11,15,18-20,23-27,30H,5,8-9,12-14,16-17H2,1-4,6-7H3/b11-10+,22-15+/t19-,20+,23+,24+,25-,26?,27?,28?,29-/m0/s1. The van der Waals surface area contributed by atoms with E-state index in [1.165, 1.54) is 32.1 Å². The third-order valence-corrected chi connectivity index (χ3v) is 10.2. The molecule has 0 radical (unpaired) electrons. The first-order valence-electron chi connectivity index (χ1n) is 12.9. The molecule has 4 aliphatic carbocycles. The summed E-state index contributed by atoms with van der Waals surface area (Å²) >= 11 is 0. The van der Waals surface area contributed by atoms with Crippen molar-refractivity contribution in [3.8, 4) is 0 Å². The maximum Gasteiger partial charge on any atom is 0.0851 e. The van der Waals surface area contributed by atoms with Crippen molar-refractivity contribution in [3.63, 3.8) is 0 Å². The smallest absolute Gasteiger partial charge is 0.0851 e. The lowest BCUT2D eigenvalue weighted by atomic mass is 9.61. The van der Waals surface area contributed by atoms with Gasteiger partial charge in [-0.05, 0) is 91.4 Å². The van der Waals surface area contributed by atoms with E-state index < -0.39 is 0 Å². The molecule has 31 heavy (non-hydrogen) atoms. The number of hydrogen-bond donors (Lipinski definition) is 1. The second kappa shape index (κ2) is 8.49. The number of ether oxygens (including phenoxy) is 1. The summed E-state index contributed by atoms with van der Waals surface area (Å²) in [5.41, 5.74) is 3.09. The first-order valence-corrected chi connectivity index (χ1v) is 12.9. The lowest BCUT2D eigenvalue weighted by molar-refractivity contribution is 0.0797. The van der Waals surface area contributed by atoms with Crippen LogP contribution in [0.4, 0.5) is 0 Å². The molecule has 0 bridgehead atoms. The van der Waals surface area contributed by atoms with Crippen molar-refractivity contribution in [2.24, 2.45) is 46.3 Å². The first-order chi connectivity index (χ1) is 14.6. The van der Waals surface area contributed by atoms with E-state index in [4.69, 9.17) is 4.74 Å². The van der Waals surface area contributed by atoms with Crippen LogP contribution in [0.5, 0.6) is 0 Å². The molecule has 0 aromatic heterocycles. The van der Waals surface area contributed by atoms with Crippen LogP contribution in [-0.2, 0) is 4.74 Å². The van der Waals surface area contributed by atoms with E-state index in [1.54, 1.807) is 5.57 Å². The van der Waals surface area contributed by atoms with Gasteiger partial charge in [0.2, 0.25) is 0 Å². The van der Waals surface area contributed by atoms with Gasteiger partial charge in [0.05, 0.1) is 12.2 Å². The van der Waals surface area contributed by atoms with Gasteiger partial charge in [0.15, 0.2) is 0 Å². The number of fused-ring (bicyclic) bond motifs is 2. The van der Waals surface area contributed by atoms with E-state index in [-0.39, 0.29) is 17.6 Å². The molecule has 0 aromatic carbocycles. The third kappa shape index (κ3) is 3.80. The molecule has 0 aromatic rings. The fourth-order valence-electron chi connectivity index (χ4n) is 7.76. The van der Waals surface area contributed by atoms with Crippen LogP contribution >= 0.6 is 0 Å². The molecule has 0 spiro atoms. The molecular weight excluding hydrogens is 380 g/mol. The van der Waals surface area contributed by atoms with Gasteiger partial charge in [-0.3, -0.25) is 0 Å². The summed E-state index contributed by atoms with van der Waals surface area (Å²) in [6.45, 7) is 16.3. The highest BCUT2D eigenvalue weighted by molar-refractivity contribution is 5.38. The van der Waals surface area contributed by atoms with Gasteiger partial charge in [0, 0.05) is 12.5 Å². The van der Waals surface area contributed by atoms with Gasteiger partial charge in [-0.25, -0.2) is 0 Å². The Balaban J connectivity index is 1.53. The van der Waals surface area contributed by atoms with E-state index >= 15 is 0 Å². The van der Waals surface area contributed by atoms with Crippen LogP contribution in [0.1, 0.15) is 79.6 Å². The van der Waals surface area contributed by atoms with Crippen molar-refractivity contribution in [2.45, 2.75) is 91.8 Å². The lowest BCUT2D eigenvalue weighted by Gasteiger charge is -2.44. The monoisotopic (exact) mass is 426 g/mol. The second-order valence-corrected chi connectivity index (χ2v) is 12.1. The molecule has 0 amide bonds. The SMILES string of the molecule is C=C1C(O)C[C@@H]2C[C@]12C(/C=C1\CCCC2(C)[C@@H]([C@H](C)/C=C/[C@H](C)C(C)C)CC[C@@H]12)OC. The minimum absolute atomic E-state index is 0.00995. The molecule has 0 saturated heterocycles. The van der Waals surface area contributed by atoms with Crippen molar-refractivity contribution < 1.29 is 9.84 Å². The number of rotatable bonds is 7. The Labute approximate surface area is 191 Å². The molecule has 4 aliphatic rings. The van der Waals surface area contributed by atoms with Crippen molar-refractivity contribution in [3.05, 3.63) is 36.0 Å². The van der Waals surface area contributed by atoms with Crippen molar-refractivity contribution in [2.75, 3.05) is 7.11 Å². The van der Waals surface area contributed by atoms with E-state index in [0.29, 0.717) is 35.0 Å². The maximum absolute atomic E-state index is 10.3. The van der Waals surface area contributed by atoms with Gasteiger partial charge in [-0.1, -0.05) is 65.0 Å². The summed E-state index contributed by atoms with van der Waals surface area (Å²) in [6, 6.07) is 0. The fraction of sp³-hybridized carbons (Fsp3) is 0.793. The highest BCUT2D eigenvalue weighted by atomic mass is 16.5. The molecule has 4 rings (SSSR count). The predicted molar refractivity (Wildman–Crippen MR) is 130 cm³/mol. The van der Waals surface area contributed by atoms with Gasteiger partial charge in [0.1, 0.15) is 0 Å². The topological polar surface area (TPSA) is 29.5 Å². The first kappa shape index (κ1) is 23.3. The van der Waals surface area contributed by atoms with E-state index in [1.807, 2.05) is 7.11 Å². The fourth-order valence-corrected chi connectivity index (χ4v) is 7.76. The van der Waals surface area contributed by atoms with Gasteiger partial charge in [-0.2, -0.15) is 0 Å². The highest BCUT2D eigenvalue weighted by Crippen LogP contribution is 2.69. The molecule has 174 valence electrons. The number of aliphatic hydroxyl groups excluding tert-OH is 1. The molecule has 2 heteroatoms. The van der Waals surface area contributed by atoms with Crippen molar-refractivity contribution >= 4 is 0 Å². The highest BCUT2D eigenvalue weighted by Gasteiger charge is 2.66. The molecular formula is C29H46O2. The van der Waals surface area contributed by atoms with E-state index in [9.17, 15) is 5.11 Å². The zero-order valence-corrected chi connectivity index (χ0v) is 20.9. The molecule has 2 nitrogen and oxygen atoms in total. The van der Waals surface area contributed by atoms with E-state index in [0.717, 1.165) is 24.3 Å². The summed E-state index contributed by atoms with van der Waals surface area (Å²) in [5.74, 6) is 4.03. The van der Waals surface area contributed by atoms with Crippen molar-refractivity contribution in [1.29, 1.82) is 0 Å². The van der Waals surface area contributed by atoms with Gasteiger partial charge in [-0.15, -0.1) is 0 Å². The normalized spacial score (nSPS) is 44.0. The van der Waals surface area contributed by atoms with Crippen LogP contribution < -0.4 is 0 Å². The molecule has 3 unspecified atom stereocenters. The average Bonchev–Trinajstić information content (AvgIpc) is 3.24. The Morgan fingerprint density at radius 1 is 1.16 bits per heavy atom.